The molecule has 2 aliphatic rings. The number of hydrogen-bond acceptors (Lipinski definition) is 3. The summed E-state index contributed by atoms with van der Waals surface area (Å²) < 4.78 is 13.0. The van der Waals surface area contributed by atoms with Crippen molar-refractivity contribution in [3.63, 3.8) is 0 Å². The maximum absolute atomic E-state index is 13.0. The van der Waals surface area contributed by atoms with Crippen molar-refractivity contribution in [2.75, 3.05) is 39.3 Å². The van der Waals surface area contributed by atoms with Crippen LogP contribution >= 0.6 is 0 Å². The van der Waals surface area contributed by atoms with Gasteiger partial charge in [-0.25, -0.2) is 4.39 Å². The maximum Gasteiger partial charge on any atom is 0.246 e. The third-order valence-corrected chi connectivity index (χ3v) is 5.81. The summed E-state index contributed by atoms with van der Waals surface area (Å²) in [6, 6.07) is 6.49. The van der Waals surface area contributed by atoms with E-state index in [0.29, 0.717) is 38.8 Å². The Labute approximate surface area is 166 Å². The number of piperidine rings is 1. The summed E-state index contributed by atoms with van der Waals surface area (Å²) >= 11 is 0. The molecule has 0 N–H and O–H groups in total. The molecule has 0 radical (unpaired) electrons. The minimum Gasteiger partial charge on any atom is -0.339 e. The fraction of sp³-hybridized carbons (Fsp3) is 0.545. The quantitative estimate of drug-likeness (QED) is 0.747. The fourth-order valence-electron chi connectivity index (χ4n) is 3.95. The van der Waals surface area contributed by atoms with Crippen molar-refractivity contribution < 1.29 is 14.0 Å². The fourth-order valence-corrected chi connectivity index (χ4v) is 3.95. The second-order valence-electron chi connectivity index (χ2n) is 7.87. The Morgan fingerprint density at radius 1 is 1.07 bits per heavy atom. The summed E-state index contributed by atoms with van der Waals surface area (Å²) in [5.41, 5.74) is 1.66. The standard InChI is InChI=1S/C22H30FN3O2/c1-17(19-6-8-20(23)9-7-19)15-21(27)25-13-11-24(12-14-25)16-22(28)26-10-4-3-5-18(26)2/h6-9,15,18H,3-5,10-14,16H2,1-2H3/b17-15+. The van der Waals surface area contributed by atoms with Gasteiger partial charge in [-0.2, -0.15) is 0 Å². The zero-order valence-corrected chi connectivity index (χ0v) is 16.9. The first kappa shape index (κ1) is 20.5. The second-order valence-corrected chi connectivity index (χ2v) is 7.87. The van der Waals surface area contributed by atoms with E-state index in [0.717, 1.165) is 30.5 Å². The number of likely N-dealkylation sites (tertiary alicyclic amines) is 1. The molecule has 0 spiro atoms. The van der Waals surface area contributed by atoms with Crippen LogP contribution in [0.2, 0.25) is 0 Å². The van der Waals surface area contributed by atoms with Gasteiger partial charge in [0.1, 0.15) is 5.82 Å². The number of rotatable bonds is 4. The summed E-state index contributed by atoms with van der Waals surface area (Å²) in [5, 5.41) is 0. The number of allylic oxidation sites excluding steroid dienone is 1. The highest BCUT2D eigenvalue weighted by atomic mass is 19.1. The lowest BCUT2D eigenvalue weighted by molar-refractivity contribution is -0.136. The third-order valence-electron chi connectivity index (χ3n) is 5.81. The normalized spacial score (nSPS) is 21.7. The van der Waals surface area contributed by atoms with Gasteiger partial charge < -0.3 is 9.80 Å². The van der Waals surface area contributed by atoms with Crippen LogP contribution < -0.4 is 0 Å². The lowest BCUT2D eigenvalue weighted by Gasteiger charge is -2.37. The van der Waals surface area contributed by atoms with Crippen LogP contribution in [-0.2, 0) is 9.59 Å². The predicted molar refractivity (Wildman–Crippen MR) is 108 cm³/mol. The largest absolute Gasteiger partial charge is 0.339 e. The van der Waals surface area contributed by atoms with Crippen molar-refractivity contribution in [1.82, 2.24) is 14.7 Å². The second kappa shape index (κ2) is 9.32. The molecule has 152 valence electrons. The van der Waals surface area contributed by atoms with Gasteiger partial charge in [-0.15, -0.1) is 0 Å². The van der Waals surface area contributed by atoms with E-state index in [1.54, 1.807) is 18.2 Å². The number of carbonyl (C=O) groups excluding carboxylic acids is 2. The van der Waals surface area contributed by atoms with E-state index in [4.69, 9.17) is 0 Å². The molecule has 1 aromatic carbocycles. The molecule has 3 rings (SSSR count). The molecule has 0 saturated carbocycles. The first-order valence-corrected chi connectivity index (χ1v) is 10.2. The van der Waals surface area contributed by atoms with Crippen molar-refractivity contribution in [2.24, 2.45) is 0 Å². The first-order chi connectivity index (χ1) is 13.4. The van der Waals surface area contributed by atoms with Gasteiger partial charge in [0.05, 0.1) is 6.54 Å². The first-order valence-electron chi connectivity index (χ1n) is 10.2. The smallest absolute Gasteiger partial charge is 0.246 e. The molecule has 2 aliphatic heterocycles. The van der Waals surface area contributed by atoms with E-state index in [1.165, 1.54) is 18.6 Å². The summed E-state index contributed by atoms with van der Waals surface area (Å²) in [6.45, 7) is 7.96. The molecule has 1 atom stereocenters. The lowest BCUT2D eigenvalue weighted by Crippen LogP contribution is -2.52. The van der Waals surface area contributed by atoms with Crippen LogP contribution in [0, 0.1) is 5.82 Å². The molecule has 0 aliphatic carbocycles. The van der Waals surface area contributed by atoms with Crippen LogP contribution in [0.3, 0.4) is 0 Å². The third kappa shape index (κ3) is 5.19. The van der Waals surface area contributed by atoms with Crippen LogP contribution in [-0.4, -0.2) is 71.8 Å². The lowest BCUT2D eigenvalue weighted by atomic mass is 10.0. The topological polar surface area (TPSA) is 43.9 Å². The molecule has 5 nitrogen and oxygen atoms in total. The van der Waals surface area contributed by atoms with Crippen LogP contribution in [0.5, 0.6) is 0 Å². The minimum atomic E-state index is -0.285. The van der Waals surface area contributed by atoms with Crippen LogP contribution in [0.25, 0.3) is 5.57 Å². The van der Waals surface area contributed by atoms with Crippen LogP contribution in [0.4, 0.5) is 4.39 Å². The number of nitrogens with zero attached hydrogens (tertiary/aromatic N) is 3. The molecule has 2 amide bonds. The molecule has 1 unspecified atom stereocenters. The number of hydrogen-bond donors (Lipinski definition) is 0. The van der Waals surface area contributed by atoms with Gasteiger partial charge in [-0.3, -0.25) is 14.5 Å². The van der Waals surface area contributed by atoms with E-state index in [9.17, 15) is 14.0 Å². The Morgan fingerprint density at radius 3 is 2.39 bits per heavy atom. The van der Waals surface area contributed by atoms with Gasteiger partial charge in [0.15, 0.2) is 0 Å². The van der Waals surface area contributed by atoms with Gasteiger partial charge in [-0.05, 0) is 56.4 Å². The number of amides is 2. The molecule has 1 aromatic rings. The monoisotopic (exact) mass is 387 g/mol. The minimum absolute atomic E-state index is 0.0301. The number of carbonyl (C=O) groups is 2. The van der Waals surface area contributed by atoms with Gasteiger partial charge in [0.25, 0.3) is 0 Å². The van der Waals surface area contributed by atoms with Crippen molar-refractivity contribution in [2.45, 2.75) is 39.2 Å². The molecule has 2 fully saturated rings. The number of benzene rings is 1. The van der Waals surface area contributed by atoms with E-state index >= 15 is 0 Å². The molecule has 2 heterocycles. The molecule has 0 aromatic heterocycles. The Balaban J connectivity index is 1.49. The number of halogens is 1. The average Bonchev–Trinajstić information content (AvgIpc) is 2.69. The zero-order valence-electron chi connectivity index (χ0n) is 16.9. The van der Waals surface area contributed by atoms with E-state index in [2.05, 4.69) is 11.8 Å². The Bertz CT molecular complexity index is 724. The average molecular weight is 387 g/mol. The summed E-state index contributed by atoms with van der Waals surface area (Å²) in [7, 11) is 0. The van der Waals surface area contributed by atoms with Crippen LogP contribution in [0.15, 0.2) is 30.3 Å². The Morgan fingerprint density at radius 2 is 1.75 bits per heavy atom. The van der Waals surface area contributed by atoms with Crippen molar-refractivity contribution in [3.8, 4) is 0 Å². The highest BCUT2D eigenvalue weighted by Crippen LogP contribution is 2.18. The van der Waals surface area contributed by atoms with E-state index < -0.39 is 0 Å². The van der Waals surface area contributed by atoms with Crippen LogP contribution in [0.1, 0.15) is 38.7 Å². The summed E-state index contributed by atoms with van der Waals surface area (Å²) in [5.74, 6) is -0.107. The van der Waals surface area contributed by atoms with Crippen molar-refractivity contribution in [3.05, 3.63) is 41.7 Å². The van der Waals surface area contributed by atoms with Gasteiger partial charge in [0, 0.05) is 44.8 Å². The van der Waals surface area contributed by atoms with Crippen molar-refractivity contribution >= 4 is 17.4 Å². The predicted octanol–water partition coefficient (Wildman–Crippen LogP) is 2.77. The summed E-state index contributed by atoms with van der Waals surface area (Å²) in [6.07, 6.45) is 5.01. The molecule has 6 heteroatoms. The SMILES string of the molecule is C/C(=C\C(=O)N1CCN(CC(=O)N2CCCCC2C)CC1)c1ccc(F)cc1. The van der Waals surface area contributed by atoms with E-state index in [-0.39, 0.29) is 17.6 Å². The Kier molecular flexibility index (Phi) is 6.83. The molecule has 2 saturated heterocycles. The van der Waals surface area contributed by atoms with Gasteiger partial charge in [-0.1, -0.05) is 12.1 Å². The highest BCUT2D eigenvalue weighted by Gasteiger charge is 2.27. The molecule has 0 bridgehead atoms. The summed E-state index contributed by atoms with van der Waals surface area (Å²) in [4.78, 5) is 31.1. The molecule has 28 heavy (non-hydrogen) atoms. The maximum atomic E-state index is 13.0. The molecular weight excluding hydrogens is 357 g/mol. The zero-order chi connectivity index (χ0) is 20.1. The van der Waals surface area contributed by atoms with E-state index in [1.807, 2.05) is 16.7 Å². The van der Waals surface area contributed by atoms with Gasteiger partial charge in [0.2, 0.25) is 11.8 Å². The Hall–Kier alpha value is -2.21. The molecular formula is C22H30FN3O2. The van der Waals surface area contributed by atoms with Crippen molar-refractivity contribution in [1.29, 1.82) is 0 Å². The van der Waals surface area contributed by atoms with Gasteiger partial charge >= 0.3 is 0 Å². The highest BCUT2D eigenvalue weighted by molar-refractivity contribution is 5.95. The number of piperazine rings is 1.